The third-order valence-electron chi connectivity index (χ3n) is 8.82. The molecule has 1 spiro atoms. The molecular weight excluding hydrogens is 518 g/mol. The van der Waals surface area contributed by atoms with Crippen LogP contribution in [0.25, 0.3) is 0 Å². The summed E-state index contributed by atoms with van der Waals surface area (Å²) >= 11 is 0. The molecule has 5 aliphatic carbocycles. The molecule has 0 aromatic heterocycles. The molecule has 10 nitrogen and oxygen atoms in total. The molecular formula is C30H27NO9. The summed E-state index contributed by atoms with van der Waals surface area (Å²) in [6.07, 6.45) is 9.98. The predicted molar refractivity (Wildman–Crippen MR) is 137 cm³/mol. The lowest BCUT2D eigenvalue weighted by atomic mass is 9.53. The van der Waals surface area contributed by atoms with Gasteiger partial charge in [-0.25, -0.2) is 14.4 Å². The molecule has 2 heterocycles. The molecule has 0 saturated carbocycles. The number of rotatable bonds is 7. The van der Waals surface area contributed by atoms with Crippen LogP contribution in [0.15, 0.2) is 59.4 Å². The van der Waals surface area contributed by atoms with Gasteiger partial charge in [0.2, 0.25) is 0 Å². The molecule has 2 unspecified atom stereocenters. The highest BCUT2D eigenvalue weighted by atomic mass is 16.7. The van der Waals surface area contributed by atoms with Gasteiger partial charge in [-0.1, -0.05) is 24.3 Å². The van der Waals surface area contributed by atoms with Gasteiger partial charge in [-0.2, -0.15) is 0 Å². The van der Waals surface area contributed by atoms with E-state index in [1.807, 2.05) is 35.3 Å². The van der Waals surface area contributed by atoms with Crippen LogP contribution >= 0.6 is 0 Å². The van der Waals surface area contributed by atoms with Crippen molar-refractivity contribution in [2.45, 2.75) is 55.8 Å². The van der Waals surface area contributed by atoms with Crippen LogP contribution in [-0.4, -0.2) is 61.3 Å². The van der Waals surface area contributed by atoms with Crippen molar-refractivity contribution in [1.29, 1.82) is 0 Å². The van der Waals surface area contributed by atoms with Crippen molar-refractivity contribution in [3.63, 3.8) is 0 Å². The molecule has 5 atom stereocenters. The molecule has 7 aliphatic rings. The van der Waals surface area contributed by atoms with Crippen molar-refractivity contribution in [2.75, 3.05) is 19.8 Å². The van der Waals surface area contributed by atoms with Gasteiger partial charge < -0.3 is 33.3 Å². The maximum Gasteiger partial charge on any atom is 0.519 e. The molecule has 8 rings (SSSR count). The van der Waals surface area contributed by atoms with Crippen LogP contribution in [0, 0.1) is 5.92 Å². The Morgan fingerprint density at radius 3 is 2.48 bits per heavy atom. The molecule has 2 bridgehead atoms. The monoisotopic (exact) mass is 545 g/mol. The van der Waals surface area contributed by atoms with E-state index in [1.165, 1.54) is 0 Å². The first-order valence-electron chi connectivity index (χ1n) is 13.7. The molecule has 206 valence electrons. The number of allylic oxidation sites excluding steroid dienone is 4. The average molecular weight is 546 g/mol. The standard InChI is InChI=1S/C30H27NO9/c32-27(35-14-16-1-2-16)31-12-11-30-20-8-10-23(39-28(33)36-15-17-3-4-17)26(30)40-25-22(38-29(34)37-19-6-7-19)9-5-18(24(25)30)13-21(20)31/h1,3,5-6,8-10,20-21,23,26H,2,4,7,11-15H2/t20?,21-,23?,26+,30+/m1/s1. The van der Waals surface area contributed by atoms with E-state index in [4.69, 9.17) is 28.4 Å². The maximum atomic E-state index is 13.2. The molecule has 1 fully saturated rings. The number of ether oxygens (including phenoxy) is 6. The number of piperidine rings is 1. The lowest BCUT2D eigenvalue weighted by molar-refractivity contribution is -0.0634. The minimum atomic E-state index is -0.826. The normalized spacial score (nSPS) is 30.5. The summed E-state index contributed by atoms with van der Waals surface area (Å²) in [6.45, 7) is 0.993. The van der Waals surface area contributed by atoms with E-state index in [9.17, 15) is 14.4 Å². The second-order valence-corrected chi connectivity index (χ2v) is 11.3. The van der Waals surface area contributed by atoms with Gasteiger partial charge in [-0.15, -0.1) is 0 Å². The van der Waals surface area contributed by atoms with E-state index in [0.717, 1.165) is 35.1 Å². The lowest BCUT2D eigenvalue weighted by Gasteiger charge is -2.56. The van der Waals surface area contributed by atoms with Crippen LogP contribution in [0.2, 0.25) is 0 Å². The summed E-state index contributed by atoms with van der Waals surface area (Å²) in [5.41, 5.74) is 3.55. The zero-order valence-corrected chi connectivity index (χ0v) is 21.6. The van der Waals surface area contributed by atoms with E-state index < -0.39 is 29.9 Å². The number of carbonyl (C=O) groups excluding carboxylic acids is 3. The zero-order valence-electron chi connectivity index (χ0n) is 21.6. The number of benzene rings is 1. The molecule has 40 heavy (non-hydrogen) atoms. The third-order valence-corrected chi connectivity index (χ3v) is 8.82. The van der Waals surface area contributed by atoms with Gasteiger partial charge in [0, 0.05) is 30.5 Å². The molecule has 1 amide bonds. The van der Waals surface area contributed by atoms with E-state index in [0.29, 0.717) is 43.9 Å². The van der Waals surface area contributed by atoms with Gasteiger partial charge in [-0.05, 0) is 60.6 Å². The summed E-state index contributed by atoms with van der Waals surface area (Å²) in [6, 6.07) is 3.46. The fraction of sp³-hybridized carbons (Fsp3) is 0.433. The summed E-state index contributed by atoms with van der Waals surface area (Å²) < 4.78 is 34.1. The van der Waals surface area contributed by atoms with E-state index in [-0.39, 0.29) is 30.4 Å². The number of hydrogen-bond acceptors (Lipinski definition) is 9. The Morgan fingerprint density at radius 2 is 1.73 bits per heavy atom. The van der Waals surface area contributed by atoms with Crippen molar-refractivity contribution in [2.24, 2.45) is 5.92 Å². The smallest absolute Gasteiger partial charge is 0.481 e. The van der Waals surface area contributed by atoms with Crippen molar-refractivity contribution in [1.82, 2.24) is 4.90 Å². The Kier molecular flexibility index (Phi) is 5.11. The number of likely N-dealkylation sites (tertiary alicyclic amines) is 1. The molecule has 1 aromatic carbocycles. The minimum absolute atomic E-state index is 0.112. The van der Waals surface area contributed by atoms with Crippen LogP contribution in [0.4, 0.5) is 14.4 Å². The van der Waals surface area contributed by atoms with Gasteiger partial charge in [-0.3, -0.25) is 0 Å². The van der Waals surface area contributed by atoms with Crippen LogP contribution in [0.1, 0.15) is 36.8 Å². The van der Waals surface area contributed by atoms with Gasteiger partial charge >= 0.3 is 18.4 Å². The highest BCUT2D eigenvalue weighted by Crippen LogP contribution is 2.63. The van der Waals surface area contributed by atoms with Crippen molar-refractivity contribution >= 4 is 18.4 Å². The van der Waals surface area contributed by atoms with Crippen LogP contribution < -0.4 is 9.47 Å². The first-order valence-corrected chi connectivity index (χ1v) is 13.7. The number of hydrogen-bond donors (Lipinski definition) is 0. The Labute approximate surface area is 229 Å². The van der Waals surface area contributed by atoms with E-state index in [1.54, 1.807) is 12.1 Å². The largest absolute Gasteiger partial charge is 0.519 e. The van der Waals surface area contributed by atoms with Gasteiger partial charge in [0.15, 0.2) is 17.6 Å². The summed E-state index contributed by atoms with van der Waals surface area (Å²) in [4.78, 5) is 40.0. The lowest BCUT2D eigenvalue weighted by Crippen LogP contribution is -2.66. The highest BCUT2D eigenvalue weighted by Gasteiger charge is 2.66. The van der Waals surface area contributed by atoms with E-state index in [2.05, 4.69) is 0 Å². The van der Waals surface area contributed by atoms with Crippen molar-refractivity contribution in [3.05, 3.63) is 70.5 Å². The Morgan fingerprint density at radius 1 is 0.950 bits per heavy atom. The van der Waals surface area contributed by atoms with Gasteiger partial charge in [0.05, 0.1) is 5.41 Å². The Hall–Kier alpha value is -4.21. The second-order valence-electron chi connectivity index (χ2n) is 11.3. The minimum Gasteiger partial charge on any atom is -0.481 e. The molecule has 10 heteroatoms. The average Bonchev–Trinajstić information content (AvgIpc) is 3.80. The summed E-state index contributed by atoms with van der Waals surface area (Å²) in [5.74, 6) is 1.18. The van der Waals surface area contributed by atoms with Crippen LogP contribution in [0.5, 0.6) is 11.5 Å². The first kappa shape index (κ1) is 23.7. The third kappa shape index (κ3) is 3.88. The van der Waals surface area contributed by atoms with Gasteiger partial charge in [0.25, 0.3) is 0 Å². The topological polar surface area (TPSA) is 110 Å². The first-order chi connectivity index (χ1) is 19.5. The summed E-state index contributed by atoms with van der Waals surface area (Å²) in [5, 5.41) is 0. The molecule has 1 saturated heterocycles. The Bertz CT molecular complexity index is 1470. The quantitative estimate of drug-likeness (QED) is 0.210. The van der Waals surface area contributed by atoms with Crippen molar-refractivity contribution in [3.8, 4) is 11.5 Å². The molecule has 2 aliphatic heterocycles. The number of nitrogens with zero attached hydrogens (tertiary/aromatic N) is 1. The molecule has 0 N–H and O–H groups in total. The molecule has 0 radical (unpaired) electrons. The summed E-state index contributed by atoms with van der Waals surface area (Å²) in [7, 11) is 0. The fourth-order valence-corrected chi connectivity index (χ4v) is 6.69. The van der Waals surface area contributed by atoms with Crippen molar-refractivity contribution < 1.29 is 42.8 Å². The maximum absolute atomic E-state index is 13.2. The van der Waals surface area contributed by atoms with Crippen LogP contribution in [-0.2, 0) is 30.8 Å². The van der Waals surface area contributed by atoms with Crippen LogP contribution in [0.3, 0.4) is 0 Å². The van der Waals surface area contributed by atoms with Gasteiger partial charge in [0.1, 0.15) is 25.1 Å². The second kappa shape index (κ2) is 8.64. The number of amides is 1. The fourth-order valence-electron chi connectivity index (χ4n) is 6.69. The van der Waals surface area contributed by atoms with E-state index >= 15 is 0 Å². The number of carbonyl (C=O) groups is 3. The SMILES string of the molecule is O=C(OC1=CC1)Oc1ccc2c3c1O[C@H]1C(OC(=O)OCC4=CC4)C=CC4[C@@H](C2)N(C(=O)OCC2=CC2)CC[C@@]341. The predicted octanol–water partition coefficient (Wildman–Crippen LogP) is 4.62. The zero-order chi connectivity index (χ0) is 27.0. The highest BCUT2D eigenvalue weighted by molar-refractivity contribution is 5.73. The Balaban J connectivity index is 1.13. The molecule has 1 aromatic rings.